The van der Waals surface area contributed by atoms with Gasteiger partial charge >= 0.3 is 0 Å². The van der Waals surface area contributed by atoms with E-state index in [0.29, 0.717) is 0 Å². The number of hydrogen-bond donors (Lipinski definition) is 0. The third kappa shape index (κ3) is 0.956. The van der Waals surface area contributed by atoms with Crippen LogP contribution >= 0.6 is 0 Å². The number of nitrogens with zero attached hydrogens (tertiary/aromatic N) is 3. The summed E-state index contributed by atoms with van der Waals surface area (Å²) in [7, 11) is 0. The minimum absolute atomic E-state index is 0.956. The summed E-state index contributed by atoms with van der Waals surface area (Å²) < 4.78 is 0. The van der Waals surface area contributed by atoms with Gasteiger partial charge in [0.15, 0.2) is 0 Å². The number of fused-ring (bicyclic) bond motifs is 3. The second-order valence-electron chi connectivity index (χ2n) is 3.12. The molecule has 0 spiro atoms. The molecule has 0 fully saturated rings. The number of hydrogen-bond acceptors (Lipinski definition) is 3. The Morgan fingerprint density at radius 2 is 1.64 bits per heavy atom. The summed E-state index contributed by atoms with van der Waals surface area (Å²) in [6.45, 7) is 0. The normalized spacial score (nSPS) is 10.9. The van der Waals surface area contributed by atoms with Crippen molar-refractivity contribution in [1.29, 1.82) is 0 Å². The van der Waals surface area contributed by atoms with Crippen LogP contribution in [0.1, 0.15) is 0 Å². The van der Waals surface area contributed by atoms with E-state index in [9.17, 15) is 0 Å². The first-order valence-corrected chi connectivity index (χ1v) is 4.37. The van der Waals surface area contributed by atoms with Gasteiger partial charge in [-0.1, -0.05) is 12.1 Å². The number of rotatable bonds is 0. The van der Waals surface area contributed by atoms with Gasteiger partial charge in [0.1, 0.15) is 0 Å². The maximum atomic E-state index is 4.34. The Balaban J connectivity index is 2.64. The summed E-state index contributed by atoms with van der Waals surface area (Å²) in [5, 5.41) is 3.24. The van der Waals surface area contributed by atoms with Crippen molar-refractivity contribution in [3.8, 4) is 0 Å². The lowest BCUT2D eigenvalue weighted by molar-refractivity contribution is 1.34. The highest BCUT2D eigenvalue weighted by Crippen LogP contribution is 2.21. The summed E-state index contributed by atoms with van der Waals surface area (Å²) in [4.78, 5) is 12.5. The lowest BCUT2D eigenvalue weighted by atomic mass is 10.1. The van der Waals surface area contributed by atoms with E-state index in [2.05, 4.69) is 15.0 Å². The summed E-state index contributed by atoms with van der Waals surface area (Å²) >= 11 is 0. The van der Waals surface area contributed by atoms with Crippen LogP contribution in [0, 0.1) is 0 Å². The predicted octanol–water partition coefficient (Wildman–Crippen LogP) is 2.18. The monoisotopic (exact) mass is 181 g/mol. The van der Waals surface area contributed by atoms with Gasteiger partial charge in [0.2, 0.25) is 0 Å². The van der Waals surface area contributed by atoms with E-state index >= 15 is 0 Å². The largest absolute Gasteiger partial charge is 0.263 e. The van der Waals surface area contributed by atoms with Crippen molar-refractivity contribution in [2.45, 2.75) is 0 Å². The van der Waals surface area contributed by atoms with Crippen molar-refractivity contribution in [1.82, 2.24) is 15.0 Å². The van der Waals surface area contributed by atoms with Crippen molar-refractivity contribution in [2.75, 3.05) is 0 Å². The summed E-state index contributed by atoms with van der Waals surface area (Å²) in [5.41, 5.74) is 0.956. The summed E-state index contributed by atoms with van der Waals surface area (Å²) in [6.07, 6.45) is 8.88. The molecule has 1 aromatic carbocycles. The second kappa shape index (κ2) is 2.73. The number of benzene rings is 1. The molecule has 2 aromatic heterocycles. The van der Waals surface area contributed by atoms with E-state index in [4.69, 9.17) is 0 Å². The van der Waals surface area contributed by atoms with Crippen molar-refractivity contribution < 1.29 is 0 Å². The molecular formula is C11H7N3. The quantitative estimate of drug-likeness (QED) is 0.533. The van der Waals surface area contributed by atoms with Crippen LogP contribution in [0.4, 0.5) is 0 Å². The Hall–Kier alpha value is -2.03. The van der Waals surface area contributed by atoms with E-state index in [1.807, 2.05) is 30.7 Å². The van der Waals surface area contributed by atoms with Crippen LogP contribution in [0.15, 0.2) is 43.1 Å². The molecule has 0 radical (unpaired) electrons. The van der Waals surface area contributed by atoms with Gasteiger partial charge in [-0.05, 0) is 0 Å². The van der Waals surface area contributed by atoms with E-state index in [0.717, 1.165) is 21.7 Å². The molecule has 0 unspecified atom stereocenters. The van der Waals surface area contributed by atoms with Gasteiger partial charge in [0.05, 0.1) is 5.52 Å². The molecule has 0 aliphatic rings. The number of aromatic nitrogens is 3. The Labute approximate surface area is 80.5 Å². The van der Waals surface area contributed by atoms with Crippen molar-refractivity contribution >= 4 is 21.7 Å². The Kier molecular flexibility index (Phi) is 1.44. The van der Waals surface area contributed by atoms with E-state index < -0.39 is 0 Å². The topological polar surface area (TPSA) is 38.7 Å². The molecule has 0 N–H and O–H groups in total. The average Bonchev–Trinajstić information content (AvgIpc) is 2.55. The molecule has 0 aliphatic heterocycles. The third-order valence-corrected chi connectivity index (χ3v) is 2.27. The van der Waals surface area contributed by atoms with Gasteiger partial charge < -0.3 is 0 Å². The van der Waals surface area contributed by atoms with Crippen LogP contribution in [-0.4, -0.2) is 15.0 Å². The highest BCUT2D eigenvalue weighted by Gasteiger charge is 2.00. The molecular weight excluding hydrogens is 174 g/mol. The van der Waals surface area contributed by atoms with Crippen LogP contribution in [-0.2, 0) is 0 Å². The Morgan fingerprint density at radius 1 is 0.786 bits per heavy atom. The maximum Gasteiger partial charge on any atom is 0.0812 e. The average molecular weight is 181 g/mol. The van der Waals surface area contributed by atoms with Crippen LogP contribution < -0.4 is 0 Å². The van der Waals surface area contributed by atoms with Crippen molar-refractivity contribution in [3.63, 3.8) is 0 Å². The Morgan fingerprint density at radius 3 is 2.64 bits per heavy atom. The molecule has 14 heavy (non-hydrogen) atoms. The molecule has 2 heterocycles. The molecule has 0 bridgehead atoms. The molecule has 0 saturated carbocycles. The first kappa shape index (κ1) is 7.38. The van der Waals surface area contributed by atoms with Crippen LogP contribution in [0.5, 0.6) is 0 Å². The van der Waals surface area contributed by atoms with E-state index in [-0.39, 0.29) is 0 Å². The van der Waals surface area contributed by atoms with Crippen molar-refractivity contribution in [3.05, 3.63) is 43.1 Å². The zero-order valence-electron chi connectivity index (χ0n) is 7.38. The van der Waals surface area contributed by atoms with Crippen LogP contribution in [0.3, 0.4) is 0 Å². The molecule has 66 valence electrons. The summed E-state index contributed by atoms with van der Waals surface area (Å²) in [5.74, 6) is 0. The van der Waals surface area contributed by atoms with Gasteiger partial charge in [-0.25, -0.2) is 0 Å². The van der Waals surface area contributed by atoms with E-state index in [1.165, 1.54) is 0 Å². The Bertz CT molecular complexity index is 604. The first-order valence-electron chi connectivity index (χ1n) is 4.37. The SMILES string of the molecule is c1cnc2c(ccc3cncc32)cn1. The molecule has 3 nitrogen and oxygen atoms in total. The maximum absolute atomic E-state index is 4.34. The molecule has 3 rings (SSSR count). The van der Waals surface area contributed by atoms with Gasteiger partial charge in [-0.3, -0.25) is 15.0 Å². The summed E-state index contributed by atoms with van der Waals surface area (Å²) in [6, 6.07) is 4.05. The van der Waals surface area contributed by atoms with Gasteiger partial charge in [0, 0.05) is 47.1 Å². The highest BCUT2D eigenvalue weighted by atomic mass is 14.7. The molecule has 3 aromatic rings. The third-order valence-electron chi connectivity index (χ3n) is 2.27. The highest BCUT2D eigenvalue weighted by molar-refractivity contribution is 6.04. The van der Waals surface area contributed by atoms with Gasteiger partial charge in [0.25, 0.3) is 0 Å². The lowest BCUT2D eigenvalue weighted by Gasteiger charge is -1.92. The van der Waals surface area contributed by atoms with E-state index in [1.54, 1.807) is 12.4 Å². The van der Waals surface area contributed by atoms with Crippen LogP contribution in [0.2, 0.25) is 0 Å². The molecule has 0 saturated heterocycles. The minimum Gasteiger partial charge on any atom is -0.263 e. The molecule has 0 aliphatic carbocycles. The lowest BCUT2D eigenvalue weighted by Crippen LogP contribution is -1.72. The molecule has 3 heteroatoms. The zero-order valence-corrected chi connectivity index (χ0v) is 7.38. The molecule has 0 atom stereocenters. The fourth-order valence-electron chi connectivity index (χ4n) is 1.60. The fourth-order valence-corrected chi connectivity index (χ4v) is 1.60. The predicted molar refractivity (Wildman–Crippen MR) is 54.8 cm³/mol. The zero-order chi connectivity index (χ0) is 9.38. The smallest absolute Gasteiger partial charge is 0.0812 e. The van der Waals surface area contributed by atoms with Crippen LogP contribution in [0.25, 0.3) is 21.7 Å². The molecule has 0 amide bonds. The first-order chi connectivity index (χ1) is 6.95. The van der Waals surface area contributed by atoms with Gasteiger partial charge in [-0.2, -0.15) is 0 Å². The van der Waals surface area contributed by atoms with Crippen molar-refractivity contribution in [2.24, 2.45) is 0 Å². The minimum atomic E-state index is 0.956. The van der Waals surface area contributed by atoms with Gasteiger partial charge in [-0.15, -0.1) is 0 Å². The fraction of sp³-hybridized carbons (Fsp3) is 0. The second-order valence-corrected chi connectivity index (χ2v) is 3.12. The standard InChI is InChI=1S/C11H7N3/c1-2-9-6-12-3-4-14-11(9)10-7-13-5-8(1)10/h1-7H.